The summed E-state index contributed by atoms with van der Waals surface area (Å²) in [7, 11) is 0. The Morgan fingerprint density at radius 1 is 0.674 bits per heavy atom. The summed E-state index contributed by atoms with van der Waals surface area (Å²) in [4.78, 5) is 0. The van der Waals surface area contributed by atoms with Gasteiger partial charge in [-0.15, -0.1) is 0 Å². The van der Waals surface area contributed by atoms with Crippen LogP contribution in [0.2, 0.25) is 0 Å². The van der Waals surface area contributed by atoms with Crippen LogP contribution < -0.4 is 0 Å². The van der Waals surface area contributed by atoms with E-state index in [4.69, 9.17) is 0 Å². The average molecular weight is 621 g/mol. The molecule has 0 fully saturated rings. The van der Waals surface area contributed by atoms with E-state index >= 15 is 0 Å². The van der Waals surface area contributed by atoms with Crippen LogP contribution in [0.3, 0.4) is 0 Å². The lowest BCUT2D eigenvalue weighted by atomic mass is 9.64. The van der Waals surface area contributed by atoms with Gasteiger partial charge in [0.25, 0.3) is 0 Å². The van der Waals surface area contributed by atoms with E-state index in [1.807, 2.05) is 6.92 Å². The van der Waals surface area contributed by atoms with Gasteiger partial charge in [-0.05, 0) is 115 Å². The smallest absolute Gasteiger partial charge is 0.0639 e. The fourth-order valence-electron chi connectivity index (χ4n) is 6.61. The maximum absolute atomic E-state index is 9.39. The number of aliphatic hydroxyl groups is 1. The van der Waals surface area contributed by atoms with E-state index < -0.39 is 0 Å². The standard InChI is InChI=1S/C45H64O/c1-34(19-14-21-36(3)25-30-42-39(6)23-16-32-44(42,8)9)17-12-13-18-35(2)20-15-22-37(4)26-31-43-40(7)27-29-41(45(43,10)11)28-24-38(5)33-46/h12-15,17-22,24-26,30-31,41,46H,16,23,27-29,32-33H2,1-11H3. The molecule has 0 aromatic heterocycles. The van der Waals surface area contributed by atoms with E-state index in [0.717, 1.165) is 18.4 Å². The Kier molecular flexibility index (Phi) is 16.0. The fraction of sp³-hybridized carbons (Fsp3) is 0.467. The van der Waals surface area contributed by atoms with Gasteiger partial charge in [0, 0.05) is 0 Å². The van der Waals surface area contributed by atoms with E-state index in [2.05, 4.69) is 160 Å². The summed E-state index contributed by atoms with van der Waals surface area (Å²) in [6.07, 6.45) is 40.1. The first-order valence-corrected chi connectivity index (χ1v) is 17.4. The van der Waals surface area contributed by atoms with Crippen molar-refractivity contribution in [2.45, 2.75) is 115 Å². The zero-order valence-electron chi connectivity index (χ0n) is 31.1. The Labute approximate surface area is 283 Å². The van der Waals surface area contributed by atoms with E-state index in [-0.39, 0.29) is 17.4 Å². The molecular weight excluding hydrogens is 556 g/mol. The number of aliphatic hydroxyl groups excluding tert-OH is 1. The second-order valence-electron chi connectivity index (χ2n) is 14.9. The van der Waals surface area contributed by atoms with Crippen LogP contribution in [0.4, 0.5) is 0 Å². The molecule has 0 saturated carbocycles. The number of allylic oxidation sites excluding steroid dienone is 23. The zero-order chi connectivity index (χ0) is 34.3. The molecule has 1 N–H and O–H groups in total. The molecule has 250 valence electrons. The minimum atomic E-state index is 0.117. The Bertz CT molecular complexity index is 1410. The fourth-order valence-corrected chi connectivity index (χ4v) is 6.61. The van der Waals surface area contributed by atoms with Gasteiger partial charge in [-0.2, -0.15) is 0 Å². The van der Waals surface area contributed by atoms with Crippen molar-refractivity contribution < 1.29 is 5.11 Å². The van der Waals surface area contributed by atoms with Gasteiger partial charge in [0.2, 0.25) is 0 Å². The van der Waals surface area contributed by atoms with Gasteiger partial charge in [0.15, 0.2) is 0 Å². The third-order valence-electron chi connectivity index (χ3n) is 9.88. The molecule has 0 saturated heterocycles. The molecule has 2 aliphatic rings. The molecule has 0 heterocycles. The van der Waals surface area contributed by atoms with Gasteiger partial charge < -0.3 is 5.11 Å². The van der Waals surface area contributed by atoms with Crippen molar-refractivity contribution in [2.75, 3.05) is 6.61 Å². The second kappa shape index (κ2) is 18.9. The molecule has 1 heteroatoms. The first kappa shape index (κ1) is 39.0. The van der Waals surface area contributed by atoms with Gasteiger partial charge in [-0.1, -0.05) is 158 Å². The van der Waals surface area contributed by atoms with Crippen LogP contribution in [0.5, 0.6) is 0 Å². The minimum absolute atomic E-state index is 0.117. The number of hydrogen-bond donors (Lipinski definition) is 1. The lowest BCUT2D eigenvalue weighted by molar-refractivity contribution is 0.235. The van der Waals surface area contributed by atoms with Crippen molar-refractivity contribution in [1.29, 1.82) is 0 Å². The third-order valence-corrected chi connectivity index (χ3v) is 9.88. The summed E-state index contributed by atoms with van der Waals surface area (Å²) in [5, 5.41) is 9.39. The largest absolute Gasteiger partial charge is 0.392 e. The lowest BCUT2D eigenvalue weighted by Gasteiger charge is -2.41. The van der Waals surface area contributed by atoms with Crippen molar-refractivity contribution in [2.24, 2.45) is 16.7 Å². The molecule has 46 heavy (non-hydrogen) atoms. The van der Waals surface area contributed by atoms with Gasteiger partial charge in [0.05, 0.1) is 6.61 Å². The van der Waals surface area contributed by atoms with E-state index in [1.54, 1.807) is 5.57 Å². The van der Waals surface area contributed by atoms with Crippen LogP contribution >= 0.6 is 0 Å². The van der Waals surface area contributed by atoms with Crippen LogP contribution in [-0.4, -0.2) is 11.7 Å². The summed E-state index contributed by atoms with van der Waals surface area (Å²) in [6, 6.07) is 0. The summed E-state index contributed by atoms with van der Waals surface area (Å²) in [5.74, 6) is 0.590. The Balaban J connectivity index is 1.93. The van der Waals surface area contributed by atoms with E-state index in [0.29, 0.717) is 5.92 Å². The monoisotopic (exact) mass is 620 g/mol. The van der Waals surface area contributed by atoms with Crippen LogP contribution in [0.25, 0.3) is 0 Å². The van der Waals surface area contributed by atoms with Gasteiger partial charge in [-0.3, -0.25) is 0 Å². The Hall–Kier alpha value is -3.16. The molecular formula is C45H64O. The van der Waals surface area contributed by atoms with Crippen LogP contribution in [-0.2, 0) is 0 Å². The second-order valence-corrected chi connectivity index (χ2v) is 14.9. The van der Waals surface area contributed by atoms with Crippen molar-refractivity contribution in [3.63, 3.8) is 0 Å². The summed E-state index contributed by atoms with van der Waals surface area (Å²) in [6.45, 7) is 24.9. The first-order valence-electron chi connectivity index (χ1n) is 17.4. The topological polar surface area (TPSA) is 20.2 Å². The van der Waals surface area contributed by atoms with Crippen molar-refractivity contribution in [3.8, 4) is 0 Å². The van der Waals surface area contributed by atoms with Crippen molar-refractivity contribution in [1.82, 2.24) is 0 Å². The molecule has 2 rings (SSSR count). The highest BCUT2D eigenvalue weighted by atomic mass is 16.3. The Morgan fingerprint density at radius 2 is 1.15 bits per heavy atom. The number of rotatable bonds is 13. The molecule has 0 aliphatic heterocycles. The van der Waals surface area contributed by atoms with Gasteiger partial charge >= 0.3 is 0 Å². The molecule has 1 nitrogen and oxygen atoms in total. The van der Waals surface area contributed by atoms with Crippen molar-refractivity contribution in [3.05, 3.63) is 141 Å². The Morgan fingerprint density at radius 3 is 1.67 bits per heavy atom. The SMILES string of the molecule is CC(C=CC=C(C)C=CC1=C(C)CCCC1(C)C)=CC=CC=C(C)C=CC=C(C)C=CC1=C(C)CCC(CC=C(C)CO)C1(C)C. The van der Waals surface area contributed by atoms with Crippen LogP contribution in [0, 0.1) is 16.7 Å². The van der Waals surface area contributed by atoms with Gasteiger partial charge in [-0.25, -0.2) is 0 Å². The highest BCUT2D eigenvalue weighted by Crippen LogP contribution is 2.47. The van der Waals surface area contributed by atoms with Crippen LogP contribution in [0.15, 0.2) is 141 Å². The zero-order valence-corrected chi connectivity index (χ0v) is 31.1. The molecule has 0 bridgehead atoms. The van der Waals surface area contributed by atoms with Gasteiger partial charge in [0.1, 0.15) is 0 Å². The molecule has 0 aromatic carbocycles. The summed E-state index contributed by atoms with van der Waals surface area (Å²) in [5.41, 5.74) is 12.4. The molecule has 0 spiro atoms. The first-order chi connectivity index (χ1) is 21.7. The minimum Gasteiger partial charge on any atom is -0.392 e. The predicted octanol–water partition coefficient (Wildman–Crippen LogP) is 13.2. The maximum Gasteiger partial charge on any atom is 0.0639 e. The molecule has 2 aliphatic carbocycles. The molecule has 0 amide bonds. The lowest BCUT2D eigenvalue weighted by Crippen LogP contribution is -2.30. The average Bonchev–Trinajstić information content (AvgIpc) is 2.97. The third kappa shape index (κ3) is 12.9. The summed E-state index contributed by atoms with van der Waals surface area (Å²) >= 11 is 0. The highest BCUT2D eigenvalue weighted by molar-refractivity contribution is 5.39. The quantitative estimate of drug-likeness (QED) is 0.160. The van der Waals surface area contributed by atoms with Crippen molar-refractivity contribution >= 4 is 0 Å². The van der Waals surface area contributed by atoms with E-state index in [9.17, 15) is 5.11 Å². The highest BCUT2D eigenvalue weighted by Gasteiger charge is 2.35. The summed E-state index contributed by atoms with van der Waals surface area (Å²) < 4.78 is 0. The van der Waals surface area contributed by atoms with Crippen LogP contribution in [0.1, 0.15) is 115 Å². The molecule has 1 unspecified atom stereocenters. The molecule has 1 atom stereocenters. The number of hydrogen-bond acceptors (Lipinski definition) is 1. The maximum atomic E-state index is 9.39. The molecule has 0 aromatic rings. The van der Waals surface area contributed by atoms with E-state index in [1.165, 1.54) is 64.7 Å². The predicted molar refractivity (Wildman–Crippen MR) is 206 cm³/mol. The molecule has 0 radical (unpaired) electrons. The normalized spacial score (nSPS) is 22.7.